The van der Waals surface area contributed by atoms with Gasteiger partial charge in [-0.3, -0.25) is 0 Å². The molecule has 0 aromatic heterocycles. The van der Waals surface area contributed by atoms with E-state index in [0.29, 0.717) is 5.92 Å². The molecule has 4 N–H and O–H groups in total. The summed E-state index contributed by atoms with van der Waals surface area (Å²) in [6, 6.07) is -0.0220. The zero-order valence-electron chi connectivity index (χ0n) is 9.47. The minimum Gasteiger partial charge on any atom is -0.395 e. The molecule has 0 amide bonds. The molecular formula is C10H23NO2S. The highest BCUT2D eigenvalue weighted by atomic mass is 32.2. The summed E-state index contributed by atoms with van der Waals surface area (Å²) in [5.74, 6) is 0.348. The van der Waals surface area contributed by atoms with Gasteiger partial charge in [0.2, 0.25) is 0 Å². The van der Waals surface area contributed by atoms with E-state index in [9.17, 15) is 10.2 Å². The van der Waals surface area contributed by atoms with Crippen molar-refractivity contribution in [3.8, 4) is 0 Å². The van der Waals surface area contributed by atoms with Crippen molar-refractivity contribution >= 4 is 11.8 Å². The lowest BCUT2D eigenvalue weighted by atomic mass is 10.0. The van der Waals surface area contributed by atoms with Crippen LogP contribution in [0.2, 0.25) is 0 Å². The highest BCUT2D eigenvalue weighted by molar-refractivity contribution is 8.00. The Kier molecular flexibility index (Phi) is 6.78. The van der Waals surface area contributed by atoms with Crippen LogP contribution in [0.25, 0.3) is 0 Å². The molecule has 0 aromatic rings. The second-order valence-corrected chi connectivity index (χ2v) is 5.75. The van der Waals surface area contributed by atoms with Crippen molar-refractivity contribution in [1.82, 2.24) is 0 Å². The van der Waals surface area contributed by atoms with Crippen LogP contribution in [0.15, 0.2) is 0 Å². The van der Waals surface area contributed by atoms with Crippen molar-refractivity contribution in [2.45, 2.75) is 50.3 Å². The number of rotatable bonds is 6. The number of hydrogen-bond donors (Lipinski definition) is 3. The quantitative estimate of drug-likeness (QED) is 0.621. The fourth-order valence-electron chi connectivity index (χ4n) is 1.07. The molecule has 4 atom stereocenters. The zero-order chi connectivity index (χ0) is 11.3. The first-order chi connectivity index (χ1) is 6.40. The first-order valence-electron chi connectivity index (χ1n) is 5.10. The van der Waals surface area contributed by atoms with Crippen LogP contribution in [0.1, 0.15) is 27.7 Å². The van der Waals surface area contributed by atoms with Gasteiger partial charge < -0.3 is 15.9 Å². The maximum atomic E-state index is 9.34. The molecule has 0 saturated carbocycles. The summed E-state index contributed by atoms with van der Waals surface area (Å²) in [5, 5.41) is 18.7. The lowest BCUT2D eigenvalue weighted by molar-refractivity contribution is 0.195. The van der Waals surface area contributed by atoms with Crippen molar-refractivity contribution in [3.63, 3.8) is 0 Å². The minimum atomic E-state index is -0.367. The van der Waals surface area contributed by atoms with E-state index in [0.717, 1.165) is 0 Å². The van der Waals surface area contributed by atoms with Gasteiger partial charge >= 0.3 is 0 Å². The molecule has 0 aliphatic carbocycles. The average molecular weight is 221 g/mol. The molecule has 3 nitrogen and oxygen atoms in total. The normalized spacial score (nSPS) is 20.6. The standard InChI is InChI=1S/C10H23NO2S/c1-6(2)10(11)9(5-12)14-8(4)7(3)13/h6-10,12-13H,5,11H2,1-4H3. The van der Waals surface area contributed by atoms with Crippen LogP contribution in [0.5, 0.6) is 0 Å². The molecule has 0 radical (unpaired) electrons. The highest BCUT2D eigenvalue weighted by Gasteiger charge is 2.24. The van der Waals surface area contributed by atoms with Gasteiger partial charge in [0, 0.05) is 16.5 Å². The Hall–Kier alpha value is 0.230. The predicted molar refractivity (Wildman–Crippen MR) is 62.4 cm³/mol. The highest BCUT2D eigenvalue weighted by Crippen LogP contribution is 2.24. The van der Waals surface area contributed by atoms with Crippen molar-refractivity contribution < 1.29 is 10.2 Å². The van der Waals surface area contributed by atoms with Gasteiger partial charge in [0.25, 0.3) is 0 Å². The maximum Gasteiger partial charge on any atom is 0.0628 e. The van der Waals surface area contributed by atoms with E-state index in [-0.39, 0.29) is 29.3 Å². The second-order valence-electron chi connectivity index (χ2n) is 4.12. The molecule has 4 heteroatoms. The molecule has 0 aliphatic heterocycles. The lowest BCUT2D eigenvalue weighted by Crippen LogP contribution is -2.41. The van der Waals surface area contributed by atoms with E-state index in [2.05, 4.69) is 0 Å². The number of aliphatic hydroxyl groups excluding tert-OH is 2. The molecule has 14 heavy (non-hydrogen) atoms. The molecular weight excluding hydrogens is 198 g/mol. The van der Waals surface area contributed by atoms with E-state index in [1.165, 1.54) is 0 Å². The van der Waals surface area contributed by atoms with Gasteiger partial charge in [-0.15, -0.1) is 11.8 Å². The van der Waals surface area contributed by atoms with Crippen LogP contribution < -0.4 is 5.73 Å². The molecule has 4 unspecified atom stereocenters. The van der Waals surface area contributed by atoms with Gasteiger partial charge in [-0.25, -0.2) is 0 Å². The SMILES string of the molecule is CC(C)C(N)C(CO)SC(C)C(C)O. The number of aliphatic hydroxyl groups is 2. The molecule has 0 fully saturated rings. The maximum absolute atomic E-state index is 9.34. The Morgan fingerprint density at radius 3 is 2.00 bits per heavy atom. The summed E-state index contributed by atoms with van der Waals surface area (Å²) in [4.78, 5) is 0. The molecule has 0 spiro atoms. The summed E-state index contributed by atoms with van der Waals surface area (Å²) in [7, 11) is 0. The van der Waals surface area contributed by atoms with Crippen LogP contribution in [-0.2, 0) is 0 Å². The second kappa shape index (κ2) is 6.67. The monoisotopic (exact) mass is 221 g/mol. The molecule has 0 rings (SSSR count). The van der Waals surface area contributed by atoms with Crippen molar-refractivity contribution in [2.24, 2.45) is 11.7 Å². The van der Waals surface area contributed by atoms with Crippen LogP contribution in [-0.4, -0.2) is 39.5 Å². The largest absolute Gasteiger partial charge is 0.395 e. The van der Waals surface area contributed by atoms with Gasteiger partial charge in [-0.05, 0) is 12.8 Å². The van der Waals surface area contributed by atoms with E-state index in [1.807, 2.05) is 20.8 Å². The molecule has 0 aromatic carbocycles. The van der Waals surface area contributed by atoms with E-state index < -0.39 is 0 Å². The van der Waals surface area contributed by atoms with Crippen molar-refractivity contribution in [3.05, 3.63) is 0 Å². The fourth-order valence-corrected chi connectivity index (χ4v) is 2.43. The Bertz CT molecular complexity index is 153. The molecule has 0 heterocycles. The Morgan fingerprint density at radius 2 is 1.71 bits per heavy atom. The smallest absolute Gasteiger partial charge is 0.0628 e. The lowest BCUT2D eigenvalue weighted by Gasteiger charge is -2.28. The molecule has 0 bridgehead atoms. The van der Waals surface area contributed by atoms with Gasteiger partial charge in [-0.2, -0.15) is 0 Å². The summed E-state index contributed by atoms with van der Waals surface area (Å²) < 4.78 is 0. The van der Waals surface area contributed by atoms with Crippen LogP contribution >= 0.6 is 11.8 Å². The Balaban J connectivity index is 4.14. The van der Waals surface area contributed by atoms with E-state index >= 15 is 0 Å². The summed E-state index contributed by atoms with van der Waals surface area (Å²) in [6.07, 6.45) is -0.367. The number of thioether (sulfide) groups is 1. The Morgan fingerprint density at radius 1 is 1.21 bits per heavy atom. The molecule has 0 saturated heterocycles. The average Bonchev–Trinajstić information content (AvgIpc) is 2.12. The van der Waals surface area contributed by atoms with Crippen LogP contribution in [0.3, 0.4) is 0 Å². The van der Waals surface area contributed by atoms with Gasteiger partial charge in [0.05, 0.1) is 12.7 Å². The summed E-state index contributed by atoms with van der Waals surface area (Å²) in [6.45, 7) is 7.86. The molecule has 86 valence electrons. The van der Waals surface area contributed by atoms with Crippen molar-refractivity contribution in [2.75, 3.05) is 6.61 Å². The fraction of sp³-hybridized carbons (Fsp3) is 1.00. The van der Waals surface area contributed by atoms with Gasteiger partial charge in [0.1, 0.15) is 0 Å². The first kappa shape index (κ1) is 14.2. The predicted octanol–water partition coefficient (Wildman–Crippen LogP) is 0.833. The number of nitrogens with two attached hydrogens (primary N) is 1. The third-order valence-corrected chi connectivity index (χ3v) is 4.08. The summed E-state index contributed by atoms with van der Waals surface area (Å²) >= 11 is 1.56. The van der Waals surface area contributed by atoms with Gasteiger partial charge in [-0.1, -0.05) is 20.8 Å². The first-order valence-corrected chi connectivity index (χ1v) is 6.04. The Labute approximate surface area is 91.1 Å². The van der Waals surface area contributed by atoms with Crippen LogP contribution in [0, 0.1) is 5.92 Å². The third kappa shape index (κ3) is 4.64. The zero-order valence-corrected chi connectivity index (χ0v) is 10.3. The van der Waals surface area contributed by atoms with E-state index in [1.54, 1.807) is 18.7 Å². The van der Waals surface area contributed by atoms with Gasteiger partial charge in [0.15, 0.2) is 0 Å². The van der Waals surface area contributed by atoms with Crippen LogP contribution in [0.4, 0.5) is 0 Å². The molecule has 0 aliphatic rings. The third-order valence-electron chi connectivity index (χ3n) is 2.45. The summed E-state index contributed by atoms with van der Waals surface area (Å²) in [5.41, 5.74) is 5.96. The van der Waals surface area contributed by atoms with E-state index in [4.69, 9.17) is 5.73 Å². The minimum absolute atomic E-state index is 0.0135. The van der Waals surface area contributed by atoms with Crippen molar-refractivity contribution in [1.29, 1.82) is 0 Å². The topological polar surface area (TPSA) is 66.5 Å². The number of hydrogen-bond acceptors (Lipinski definition) is 4.